The predicted octanol–water partition coefficient (Wildman–Crippen LogP) is 2.78. The SMILES string of the molecule is C/C=C/c1ccc(OCC(=O)NCc2ccc(C(=O)NC)cc2)c(OC)c1. The molecule has 0 saturated carbocycles. The van der Waals surface area contributed by atoms with Gasteiger partial charge in [-0.2, -0.15) is 0 Å². The van der Waals surface area contributed by atoms with Crippen LogP contribution in [0.4, 0.5) is 0 Å². The lowest BCUT2D eigenvalue weighted by Gasteiger charge is -2.11. The summed E-state index contributed by atoms with van der Waals surface area (Å²) in [6, 6.07) is 12.6. The van der Waals surface area contributed by atoms with E-state index in [0.29, 0.717) is 23.6 Å². The standard InChI is InChI=1S/C21H24N2O4/c1-4-5-15-8-11-18(19(12-15)26-3)27-14-20(24)23-13-16-6-9-17(10-7-16)21(25)22-2/h4-12H,13-14H2,1-3H3,(H,22,25)(H,23,24)/b5-4+. The van der Waals surface area contributed by atoms with Crippen molar-refractivity contribution in [3.8, 4) is 11.5 Å². The number of benzene rings is 2. The summed E-state index contributed by atoms with van der Waals surface area (Å²) in [4.78, 5) is 23.5. The fraction of sp³-hybridized carbons (Fsp3) is 0.238. The number of methoxy groups -OCH3 is 1. The number of amides is 2. The monoisotopic (exact) mass is 368 g/mol. The van der Waals surface area contributed by atoms with Crippen LogP contribution in [0, 0.1) is 0 Å². The van der Waals surface area contributed by atoms with Gasteiger partial charge >= 0.3 is 0 Å². The molecule has 0 aliphatic heterocycles. The minimum atomic E-state index is -0.245. The van der Waals surface area contributed by atoms with Gasteiger partial charge < -0.3 is 20.1 Å². The van der Waals surface area contributed by atoms with Gasteiger partial charge in [0.25, 0.3) is 11.8 Å². The van der Waals surface area contributed by atoms with Crippen molar-refractivity contribution in [2.45, 2.75) is 13.5 Å². The molecule has 142 valence electrons. The molecule has 2 amide bonds. The maximum absolute atomic E-state index is 12.0. The first-order valence-corrected chi connectivity index (χ1v) is 8.58. The molecule has 0 aromatic heterocycles. The number of rotatable bonds is 8. The fourth-order valence-corrected chi connectivity index (χ4v) is 2.41. The highest BCUT2D eigenvalue weighted by Crippen LogP contribution is 2.28. The normalized spacial score (nSPS) is 10.5. The summed E-state index contributed by atoms with van der Waals surface area (Å²) in [7, 11) is 3.14. The Kier molecular flexibility index (Phi) is 7.43. The molecule has 6 nitrogen and oxygen atoms in total. The first-order chi connectivity index (χ1) is 13.1. The first-order valence-electron chi connectivity index (χ1n) is 8.58. The lowest BCUT2D eigenvalue weighted by Crippen LogP contribution is -2.28. The summed E-state index contributed by atoms with van der Waals surface area (Å²) >= 11 is 0. The zero-order chi connectivity index (χ0) is 19.6. The van der Waals surface area contributed by atoms with Gasteiger partial charge in [0, 0.05) is 19.2 Å². The molecule has 27 heavy (non-hydrogen) atoms. The molecule has 0 unspecified atom stereocenters. The van der Waals surface area contributed by atoms with Crippen molar-refractivity contribution in [2.24, 2.45) is 0 Å². The van der Waals surface area contributed by atoms with E-state index in [1.54, 1.807) is 44.5 Å². The highest BCUT2D eigenvalue weighted by Gasteiger charge is 2.08. The van der Waals surface area contributed by atoms with Gasteiger partial charge in [-0.15, -0.1) is 0 Å². The molecule has 2 aromatic carbocycles. The average molecular weight is 368 g/mol. The van der Waals surface area contributed by atoms with Gasteiger partial charge in [-0.25, -0.2) is 0 Å². The topological polar surface area (TPSA) is 76.7 Å². The quantitative estimate of drug-likeness (QED) is 0.751. The molecule has 0 fully saturated rings. The summed E-state index contributed by atoms with van der Waals surface area (Å²) in [6.07, 6.45) is 3.89. The van der Waals surface area contributed by atoms with Crippen LogP contribution in [0.5, 0.6) is 11.5 Å². The molecular formula is C21H24N2O4. The van der Waals surface area contributed by atoms with Gasteiger partial charge in [-0.05, 0) is 42.3 Å². The van der Waals surface area contributed by atoms with Crippen LogP contribution in [-0.4, -0.2) is 32.6 Å². The third-order valence-corrected chi connectivity index (χ3v) is 3.84. The van der Waals surface area contributed by atoms with Crippen molar-refractivity contribution in [1.82, 2.24) is 10.6 Å². The maximum atomic E-state index is 12.0. The second kappa shape index (κ2) is 10.0. The smallest absolute Gasteiger partial charge is 0.258 e. The van der Waals surface area contributed by atoms with E-state index in [-0.39, 0.29) is 18.4 Å². The summed E-state index contributed by atoms with van der Waals surface area (Å²) in [6.45, 7) is 2.18. The molecule has 0 bridgehead atoms. The molecule has 0 aliphatic rings. The van der Waals surface area contributed by atoms with Crippen molar-refractivity contribution in [3.63, 3.8) is 0 Å². The first kappa shape index (κ1) is 20.0. The van der Waals surface area contributed by atoms with Crippen molar-refractivity contribution in [2.75, 3.05) is 20.8 Å². The van der Waals surface area contributed by atoms with Gasteiger partial charge in [0.2, 0.25) is 0 Å². The maximum Gasteiger partial charge on any atom is 0.258 e. The van der Waals surface area contributed by atoms with Crippen LogP contribution >= 0.6 is 0 Å². The molecular weight excluding hydrogens is 344 g/mol. The Morgan fingerprint density at radius 3 is 2.44 bits per heavy atom. The number of allylic oxidation sites excluding steroid dienone is 1. The molecule has 2 aromatic rings. The number of hydrogen-bond acceptors (Lipinski definition) is 4. The van der Waals surface area contributed by atoms with Crippen LogP contribution in [0.15, 0.2) is 48.5 Å². The third-order valence-electron chi connectivity index (χ3n) is 3.84. The predicted molar refractivity (Wildman–Crippen MR) is 105 cm³/mol. The van der Waals surface area contributed by atoms with Crippen molar-refractivity contribution < 1.29 is 19.1 Å². The zero-order valence-electron chi connectivity index (χ0n) is 15.7. The van der Waals surface area contributed by atoms with Crippen LogP contribution < -0.4 is 20.1 Å². The van der Waals surface area contributed by atoms with Gasteiger partial charge in [0.05, 0.1) is 7.11 Å². The molecule has 0 radical (unpaired) electrons. The van der Waals surface area contributed by atoms with Gasteiger partial charge in [-0.3, -0.25) is 9.59 Å². The van der Waals surface area contributed by atoms with Crippen LogP contribution in [-0.2, 0) is 11.3 Å². The summed E-state index contributed by atoms with van der Waals surface area (Å²) in [5, 5.41) is 5.35. The van der Waals surface area contributed by atoms with Gasteiger partial charge in [-0.1, -0.05) is 30.4 Å². The van der Waals surface area contributed by atoms with Crippen molar-refractivity contribution >= 4 is 17.9 Å². The van der Waals surface area contributed by atoms with E-state index in [1.165, 1.54) is 0 Å². The summed E-state index contributed by atoms with van der Waals surface area (Å²) in [5.74, 6) is 0.692. The zero-order valence-corrected chi connectivity index (χ0v) is 15.7. The van der Waals surface area contributed by atoms with Gasteiger partial charge in [0.1, 0.15) is 0 Å². The third kappa shape index (κ3) is 5.88. The van der Waals surface area contributed by atoms with E-state index < -0.39 is 0 Å². The molecule has 0 saturated heterocycles. The van der Waals surface area contributed by atoms with Crippen LogP contribution in [0.2, 0.25) is 0 Å². The van der Waals surface area contributed by atoms with Gasteiger partial charge in [0.15, 0.2) is 18.1 Å². The van der Waals surface area contributed by atoms with Crippen LogP contribution in [0.25, 0.3) is 6.08 Å². The highest BCUT2D eigenvalue weighted by atomic mass is 16.5. The lowest BCUT2D eigenvalue weighted by atomic mass is 10.1. The Hall–Kier alpha value is -3.28. The Labute approximate surface area is 159 Å². The molecule has 0 heterocycles. The molecule has 2 rings (SSSR count). The second-order valence-electron chi connectivity index (χ2n) is 5.75. The van der Waals surface area contributed by atoms with Crippen LogP contribution in [0.1, 0.15) is 28.4 Å². The summed E-state index contributed by atoms with van der Waals surface area (Å²) in [5.41, 5.74) is 2.46. The van der Waals surface area contributed by atoms with E-state index in [1.807, 2.05) is 31.2 Å². The molecule has 6 heteroatoms. The number of hydrogen-bond donors (Lipinski definition) is 2. The number of nitrogens with one attached hydrogen (secondary N) is 2. The highest BCUT2D eigenvalue weighted by molar-refractivity contribution is 5.93. The van der Waals surface area contributed by atoms with Crippen molar-refractivity contribution in [3.05, 3.63) is 65.2 Å². The largest absolute Gasteiger partial charge is 0.493 e. The van der Waals surface area contributed by atoms with E-state index in [9.17, 15) is 9.59 Å². The minimum Gasteiger partial charge on any atom is -0.493 e. The number of carbonyl (C=O) groups is 2. The molecule has 0 spiro atoms. The average Bonchev–Trinajstić information content (AvgIpc) is 2.71. The van der Waals surface area contributed by atoms with Crippen molar-refractivity contribution in [1.29, 1.82) is 0 Å². The molecule has 0 aliphatic carbocycles. The summed E-state index contributed by atoms with van der Waals surface area (Å²) < 4.78 is 10.9. The minimum absolute atomic E-state index is 0.115. The van der Waals surface area contributed by atoms with E-state index in [2.05, 4.69) is 10.6 Å². The Morgan fingerprint density at radius 2 is 1.81 bits per heavy atom. The molecule has 2 N–H and O–H groups in total. The number of carbonyl (C=O) groups excluding carboxylic acids is 2. The van der Waals surface area contributed by atoms with E-state index in [0.717, 1.165) is 11.1 Å². The lowest BCUT2D eigenvalue weighted by molar-refractivity contribution is -0.123. The Bertz CT molecular complexity index is 813. The van der Waals surface area contributed by atoms with E-state index in [4.69, 9.17) is 9.47 Å². The van der Waals surface area contributed by atoms with E-state index >= 15 is 0 Å². The second-order valence-corrected chi connectivity index (χ2v) is 5.75. The van der Waals surface area contributed by atoms with Crippen LogP contribution in [0.3, 0.4) is 0 Å². The Morgan fingerprint density at radius 1 is 1.07 bits per heavy atom. The molecule has 0 atom stereocenters. The number of ether oxygens (including phenoxy) is 2. The fourth-order valence-electron chi connectivity index (χ4n) is 2.41. The Balaban J connectivity index is 1.86.